The van der Waals surface area contributed by atoms with Crippen molar-refractivity contribution in [3.63, 3.8) is 0 Å². The van der Waals surface area contributed by atoms with Crippen molar-refractivity contribution in [3.05, 3.63) is 24.2 Å². The standard InChI is InChI=1S/C16H25N3OS/c1-2-17-16(21)18-12-9-13-5-3-6-14(10-12)19(13)11-15-7-4-8-20-15/h4,7-8,12-14H,2-3,5-6,9-11H2,1H3,(H2,17,18,21)/p+1/t12?,13-,14+. The first kappa shape index (κ1) is 14.9. The highest BCUT2D eigenvalue weighted by Crippen LogP contribution is 2.22. The molecule has 0 radical (unpaired) electrons. The zero-order chi connectivity index (χ0) is 14.7. The van der Waals surface area contributed by atoms with E-state index >= 15 is 0 Å². The monoisotopic (exact) mass is 308 g/mol. The normalized spacial score (nSPS) is 31.7. The summed E-state index contributed by atoms with van der Waals surface area (Å²) in [4.78, 5) is 1.73. The van der Waals surface area contributed by atoms with Gasteiger partial charge in [-0.25, -0.2) is 0 Å². The van der Waals surface area contributed by atoms with Crippen LogP contribution in [0.3, 0.4) is 0 Å². The number of rotatable bonds is 4. The zero-order valence-corrected chi connectivity index (χ0v) is 13.5. The average Bonchev–Trinajstić information content (AvgIpc) is 2.93. The molecule has 0 saturated carbocycles. The fourth-order valence-electron chi connectivity index (χ4n) is 4.05. The van der Waals surface area contributed by atoms with Crippen LogP contribution in [0.4, 0.5) is 0 Å². The molecule has 4 nitrogen and oxygen atoms in total. The zero-order valence-electron chi connectivity index (χ0n) is 12.7. The molecular formula is C16H26N3OS+. The minimum Gasteiger partial charge on any atom is -0.463 e. The quantitative estimate of drug-likeness (QED) is 0.732. The number of thiocarbonyl (C=S) groups is 1. The first-order valence-electron chi connectivity index (χ1n) is 8.18. The summed E-state index contributed by atoms with van der Waals surface area (Å²) in [5, 5.41) is 7.53. The first-order chi connectivity index (χ1) is 10.3. The van der Waals surface area contributed by atoms with Crippen LogP contribution < -0.4 is 15.5 Å². The van der Waals surface area contributed by atoms with Gasteiger partial charge in [-0.05, 0) is 50.5 Å². The summed E-state index contributed by atoms with van der Waals surface area (Å²) in [5.74, 6) is 1.12. The molecule has 5 heteroatoms. The van der Waals surface area contributed by atoms with Crippen LogP contribution in [0.15, 0.2) is 22.8 Å². The number of fused-ring (bicyclic) bond motifs is 2. The molecule has 1 aromatic heterocycles. The summed E-state index contributed by atoms with van der Waals surface area (Å²) in [6.45, 7) is 4.01. The smallest absolute Gasteiger partial charge is 0.166 e. The van der Waals surface area contributed by atoms with Crippen LogP contribution in [0.2, 0.25) is 0 Å². The molecular weight excluding hydrogens is 282 g/mol. The molecule has 0 aliphatic carbocycles. The molecule has 2 aliphatic heterocycles. The van der Waals surface area contributed by atoms with Gasteiger partial charge in [-0.1, -0.05) is 0 Å². The van der Waals surface area contributed by atoms with Gasteiger partial charge in [-0.15, -0.1) is 0 Å². The summed E-state index contributed by atoms with van der Waals surface area (Å²) >= 11 is 5.34. The third-order valence-electron chi connectivity index (χ3n) is 4.92. The molecule has 116 valence electrons. The number of nitrogens with one attached hydrogen (secondary N) is 3. The molecule has 0 spiro atoms. The molecule has 3 rings (SSSR count). The largest absolute Gasteiger partial charge is 0.463 e. The van der Waals surface area contributed by atoms with E-state index < -0.39 is 0 Å². The Hall–Kier alpha value is -1.07. The number of piperidine rings is 2. The Bertz CT molecular complexity index is 448. The minimum absolute atomic E-state index is 0.534. The molecule has 0 aromatic carbocycles. The fourth-order valence-corrected chi connectivity index (χ4v) is 4.37. The van der Waals surface area contributed by atoms with Crippen LogP contribution in [0.25, 0.3) is 0 Å². The van der Waals surface area contributed by atoms with Crippen molar-refractivity contribution in [1.82, 2.24) is 10.6 Å². The summed E-state index contributed by atoms with van der Waals surface area (Å²) < 4.78 is 5.56. The third-order valence-corrected chi connectivity index (χ3v) is 5.19. The maximum absolute atomic E-state index is 5.56. The van der Waals surface area contributed by atoms with Gasteiger partial charge < -0.3 is 20.0 Å². The SMILES string of the molecule is CCNC(=S)NC1C[C@H]2CCC[C@@H](C1)[NH+]2Cc1ccco1. The van der Waals surface area contributed by atoms with Crippen LogP contribution in [-0.2, 0) is 6.54 Å². The number of furan rings is 1. The topological polar surface area (TPSA) is 41.6 Å². The van der Waals surface area contributed by atoms with Crippen LogP contribution >= 0.6 is 12.2 Å². The van der Waals surface area contributed by atoms with E-state index in [1.807, 2.05) is 6.07 Å². The van der Waals surface area contributed by atoms with Gasteiger partial charge in [0.1, 0.15) is 6.54 Å². The van der Waals surface area contributed by atoms with E-state index in [0.717, 1.165) is 36.0 Å². The predicted octanol–water partition coefficient (Wildman–Crippen LogP) is 1.23. The molecule has 3 N–H and O–H groups in total. The highest BCUT2D eigenvalue weighted by molar-refractivity contribution is 7.80. The van der Waals surface area contributed by atoms with Crippen LogP contribution in [-0.4, -0.2) is 29.8 Å². The molecule has 1 aromatic rings. The molecule has 0 amide bonds. The lowest BCUT2D eigenvalue weighted by atomic mass is 9.81. The summed E-state index contributed by atoms with van der Waals surface area (Å²) in [6.07, 6.45) is 8.27. The fraction of sp³-hybridized carbons (Fsp3) is 0.688. The van der Waals surface area contributed by atoms with Crippen LogP contribution in [0.5, 0.6) is 0 Å². The number of hydrogen-bond acceptors (Lipinski definition) is 2. The van der Waals surface area contributed by atoms with Crippen molar-refractivity contribution in [2.75, 3.05) is 6.54 Å². The molecule has 21 heavy (non-hydrogen) atoms. The van der Waals surface area contributed by atoms with Gasteiger partial charge in [0.25, 0.3) is 0 Å². The van der Waals surface area contributed by atoms with Crippen molar-refractivity contribution >= 4 is 17.3 Å². The van der Waals surface area contributed by atoms with Crippen molar-refractivity contribution in [3.8, 4) is 0 Å². The second-order valence-electron chi connectivity index (χ2n) is 6.33. The molecule has 2 saturated heterocycles. The summed E-state index contributed by atoms with van der Waals surface area (Å²) in [5.41, 5.74) is 0. The van der Waals surface area contributed by atoms with Crippen molar-refractivity contribution in [2.24, 2.45) is 0 Å². The van der Waals surface area contributed by atoms with Crippen LogP contribution in [0.1, 0.15) is 44.8 Å². The molecule has 2 bridgehead atoms. The Morgan fingerprint density at radius 3 is 2.76 bits per heavy atom. The van der Waals surface area contributed by atoms with Gasteiger partial charge >= 0.3 is 0 Å². The number of quaternary nitrogens is 1. The van der Waals surface area contributed by atoms with Gasteiger partial charge in [-0.2, -0.15) is 0 Å². The summed E-state index contributed by atoms with van der Waals surface area (Å²) in [6, 6.07) is 6.11. The Morgan fingerprint density at radius 1 is 1.38 bits per heavy atom. The van der Waals surface area contributed by atoms with Gasteiger partial charge in [0.2, 0.25) is 0 Å². The van der Waals surface area contributed by atoms with Crippen molar-refractivity contribution in [1.29, 1.82) is 0 Å². The van der Waals surface area contributed by atoms with E-state index in [2.05, 4.69) is 23.6 Å². The van der Waals surface area contributed by atoms with Gasteiger partial charge in [-0.3, -0.25) is 0 Å². The lowest BCUT2D eigenvalue weighted by Gasteiger charge is -2.45. The maximum Gasteiger partial charge on any atom is 0.166 e. The number of hydrogen-bond donors (Lipinski definition) is 3. The Balaban J connectivity index is 1.61. The van der Waals surface area contributed by atoms with E-state index in [1.165, 1.54) is 32.1 Å². The lowest BCUT2D eigenvalue weighted by molar-refractivity contribution is -0.974. The molecule has 2 aliphatic rings. The molecule has 2 fully saturated rings. The maximum atomic E-state index is 5.56. The first-order valence-corrected chi connectivity index (χ1v) is 8.59. The highest BCUT2D eigenvalue weighted by atomic mass is 32.1. The lowest BCUT2D eigenvalue weighted by Crippen LogP contribution is -3.20. The third kappa shape index (κ3) is 3.58. The van der Waals surface area contributed by atoms with E-state index in [-0.39, 0.29) is 0 Å². The van der Waals surface area contributed by atoms with E-state index in [1.54, 1.807) is 11.2 Å². The molecule has 2 unspecified atom stereocenters. The van der Waals surface area contributed by atoms with Gasteiger partial charge in [0.05, 0.1) is 18.3 Å². The highest BCUT2D eigenvalue weighted by Gasteiger charge is 2.42. The van der Waals surface area contributed by atoms with Gasteiger partial charge in [0, 0.05) is 25.4 Å². The second-order valence-corrected chi connectivity index (χ2v) is 6.74. The van der Waals surface area contributed by atoms with E-state index in [9.17, 15) is 0 Å². The molecule has 4 atom stereocenters. The minimum atomic E-state index is 0.534. The van der Waals surface area contributed by atoms with Gasteiger partial charge in [0.15, 0.2) is 10.9 Å². The van der Waals surface area contributed by atoms with Crippen molar-refractivity contribution in [2.45, 2.75) is 63.7 Å². The van der Waals surface area contributed by atoms with Crippen molar-refractivity contribution < 1.29 is 9.32 Å². The Labute approximate surface area is 132 Å². The second kappa shape index (κ2) is 6.79. The van der Waals surface area contributed by atoms with E-state index in [0.29, 0.717) is 6.04 Å². The average molecular weight is 308 g/mol. The Morgan fingerprint density at radius 2 is 2.14 bits per heavy atom. The summed E-state index contributed by atoms with van der Waals surface area (Å²) in [7, 11) is 0. The molecule has 3 heterocycles. The van der Waals surface area contributed by atoms with Crippen LogP contribution in [0, 0.1) is 0 Å². The van der Waals surface area contributed by atoms with E-state index in [4.69, 9.17) is 16.6 Å². The predicted molar refractivity (Wildman–Crippen MR) is 87.2 cm³/mol. The Kier molecular flexibility index (Phi) is 4.80.